The lowest BCUT2D eigenvalue weighted by Gasteiger charge is -2.03. The molecule has 6 nitrogen and oxygen atoms in total. The van der Waals surface area contributed by atoms with E-state index in [2.05, 4.69) is 5.32 Å². The second-order valence-electron chi connectivity index (χ2n) is 3.33. The van der Waals surface area contributed by atoms with E-state index in [-0.39, 0.29) is 20.8 Å². The highest BCUT2D eigenvalue weighted by atomic mass is 35.5. The predicted molar refractivity (Wildman–Crippen MR) is 69.4 cm³/mol. The first kappa shape index (κ1) is 14.9. The topological polar surface area (TPSA) is 81.5 Å². The second kappa shape index (κ2) is 7.30. The maximum absolute atomic E-state index is 11.6. The Morgan fingerprint density at radius 3 is 2.94 bits per heavy atom. The van der Waals surface area contributed by atoms with Gasteiger partial charge in [0, 0.05) is 25.8 Å². The van der Waals surface area contributed by atoms with Gasteiger partial charge in [-0.3, -0.25) is 14.9 Å². The molecule has 100 valence electrons. The van der Waals surface area contributed by atoms with Gasteiger partial charge in [0.15, 0.2) is 4.34 Å². The van der Waals surface area contributed by atoms with Crippen LogP contribution in [0.5, 0.6) is 0 Å². The molecule has 0 atom stereocenters. The number of nitrogens with one attached hydrogen (secondary N) is 1. The first-order chi connectivity index (χ1) is 8.56. The third-order valence-electron chi connectivity index (χ3n) is 2.04. The summed E-state index contributed by atoms with van der Waals surface area (Å²) < 4.78 is 5.13. The van der Waals surface area contributed by atoms with Crippen LogP contribution < -0.4 is 5.32 Å². The highest BCUT2D eigenvalue weighted by Gasteiger charge is 2.20. The lowest BCUT2D eigenvalue weighted by molar-refractivity contribution is -0.384. The molecule has 18 heavy (non-hydrogen) atoms. The third-order valence-corrected chi connectivity index (χ3v) is 3.38. The fraction of sp³-hybridized carbons (Fsp3) is 0.500. The lowest BCUT2D eigenvalue weighted by Crippen LogP contribution is -2.24. The van der Waals surface area contributed by atoms with E-state index in [1.165, 1.54) is 6.07 Å². The molecular formula is C10H13ClN2O4S. The number of amides is 1. The van der Waals surface area contributed by atoms with Crippen molar-refractivity contribution in [3.05, 3.63) is 25.4 Å². The summed E-state index contributed by atoms with van der Waals surface area (Å²) in [6.07, 6.45) is 0.695. The number of nitro groups is 1. The Balaban J connectivity index is 2.47. The van der Waals surface area contributed by atoms with Crippen LogP contribution in [0, 0.1) is 10.1 Å². The lowest BCUT2D eigenvalue weighted by atomic mass is 10.4. The fourth-order valence-electron chi connectivity index (χ4n) is 1.20. The molecule has 0 bridgehead atoms. The van der Waals surface area contributed by atoms with Crippen LogP contribution in [0.15, 0.2) is 6.07 Å². The van der Waals surface area contributed by atoms with Gasteiger partial charge in [-0.1, -0.05) is 11.6 Å². The normalized spacial score (nSPS) is 10.3. The molecule has 0 aliphatic carbocycles. The van der Waals surface area contributed by atoms with Crippen molar-refractivity contribution in [3.8, 4) is 0 Å². The summed E-state index contributed by atoms with van der Waals surface area (Å²) in [5, 5.41) is 13.2. The average molecular weight is 293 g/mol. The van der Waals surface area contributed by atoms with Gasteiger partial charge in [-0.2, -0.15) is 0 Å². The van der Waals surface area contributed by atoms with Crippen LogP contribution in [0.3, 0.4) is 0 Å². The summed E-state index contributed by atoms with van der Waals surface area (Å²) in [6.45, 7) is 3.57. The molecule has 0 radical (unpaired) electrons. The average Bonchev–Trinajstić information content (AvgIpc) is 2.71. The van der Waals surface area contributed by atoms with Crippen LogP contribution in [0.4, 0.5) is 5.69 Å². The SMILES string of the molecule is CCOCCCNC(=O)c1cc([N+](=O)[O-])c(Cl)s1. The number of thiophene rings is 1. The molecule has 0 fully saturated rings. The van der Waals surface area contributed by atoms with Crippen molar-refractivity contribution in [2.75, 3.05) is 19.8 Å². The zero-order chi connectivity index (χ0) is 13.5. The van der Waals surface area contributed by atoms with E-state index in [4.69, 9.17) is 16.3 Å². The fourth-order valence-corrected chi connectivity index (χ4v) is 2.34. The van der Waals surface area contributed by atoms with E-state index >= 15 is 0 Å². The maximum Gasteiger partial charge on any atom is 0.299 e. The highest BCUT2D eigenvalue weighted by Crippen LogP contribution is 2.33. The Morgan fingerprint density at radius 2 is 2.39 bits per heavy atom. The molecule has 8 heteroatoms. The third kappa shape index (κ3) is 4.25. The Kier molecular flexibility index (Phi) is 6.03. The molecule has 1 aromatic heterocycles. The highest BCUT2D eigenvalue weighted by molar-refractivity contribution is 7.18. The molecule has 1 amide bonds. The van der Waals surface area contributed by atoms with Crippen molar-refractivity contribution in [2.45, 2.75) is 13.3 Å². The van der Waals surface area contributed by atoms with Gasteiger partial charge in [-0.25, -0.2) is 0 Å². The van der Waals surface area contributed by atoms with E-state index < -0.39 is 4.92 Å². The molecule has 0 aliphatic heterocycles. The maximum atomic E-state index is 11.6. The second-order valence-corrected chi connectivity index (χ2v) is 4.99. The molecule has 0 spiro atoms. The number of ether oxygens (including phenoxy) is 1. The van der Waals surface area contributed by atoms with E-state index in [1.807, 2.05) is 6.92 Å². The molecule has 0 aromatic carbocycles. The molecule has 0 saturated heterocycles. The summed E-state index contributed by atoms with van der Waals surface area (Å²) in [5.41, 5.74) is -0.235. The first-order valence-corrected chi connectivity index (χ1v) is 6.55. The van der Waals surface area contributed by atoms with Crippen molar-refractivity contribution in [1.82, 2.24) is 5.32 Å². The number of halogens is 1. The predicted octanol–water partition coefficient (Wildman–Crippen LogP) is 2.47. The number of hydrogen-bond donors (Lipinski definition) is 1. The number of carbonyl (C=O) groups excluding carboxylic acids is 1. The van der Waals surface area contributed by atoms with Gasteiger partial charge in [-0.15, -0.1) is 11.3 Å². The monoisotopic (exact) mass is 292 g/mol. The van der Waals surface area contributed by atoms with Crippen LogP contribution in [-0.4, -0.2) is 30.6 Å². The zero-order valence-electron chi connectivity index (χ0n) is 9.77. The quantitative estimate of drug-likeness (QED) is 0.475. The number of nitrogens with zero attached hydrogens (tertiary/aromatic N) is 1. The summed E-state index contributed by atoms with van der Waals surface area (Å²) in [4.78, 5) is 21.8. The summed E-state index contributed by atoms with van der Waals surface area (Å²) in [6, 6.07) is 1.19. The van der Waals surface area contributed by atoms with Crippen molar-refractivity contribution in [1.29, 1.82) is 0 Å². The summed E-state index contributed by atoms with van der Waals surface area (Å²) >= 11 is 6.56. The molecular weight excluding hydrogens is 280 g/mol. The van der Waals surface area contributed by atoms with Crippen LogP contribution >= 0.6 is 22.9 Å². The van der Waals surface area contributed by atoms with E-state index in [0.29, 0.717) is 26.2 Å². The van der Waals surface area contributed by atoms with Gasteiger partial charge in [0.2, 0.25) is 0 Å². The minimum atomic E-state index is -0.606. The van der Waals surface area contributed by atoms with Crippen molar-refractivity contribution in [2.24, 2.45) is 0 Å². The van der Waals surface area contributed by atoms with Gasteiger partial charge in [0.25, 0.3) is 11.6 Å². The molecule has 1 rings (SSSR count). The van der Waals surface area contributed by atoms with Gasteiger partial charge >= 0.3 is 0 Å². The van der Waals surface area contributed by atoms with E-state index in [9.17, 15) is 14.9 Å². The Hall–Kier alpha value is -1.18. The van der Waals surface area contributed by atoms with Crippen LogP contribution in [0.25, 0.3) is 0 Å². The Labute approximate surface area is 113 Å². The largest absolute Gasteiger partial charge is 0.382 e. The molecule has 0 aliphatic rings. The zero-order valence-corrected chi connectivity index (χ0v) is 11.3. The van der Waals surface area contributed by atoms with Crippen LogP contribution in [-0.2, 0) is 4.74 Å². The standard InChI is InChI=1S/C10H13ClN2O4S/c1-2-17-5-3-4-12-10(14)8-6-7(13(15)16)9(11)18-8/h6H,2-5H2,1H3,(H,12,14). The molecule has 1 heterocycles. The molecule has 1 N–H and O–H groups in total. The Bertz CT molecular complexity index is 436. The minimum Gasteiger partial charge on any atom is -0.382 e. The number of carbonyl (C=O) groups is 1. The summed E-state index contributed by atoms with van der Waals surface area (Å²) in [7, 11) is 0. The van der Waals surface area contributed by atoms with E-state index in [1.54, 1.807) is 0 Å². The van der Waals surface area contributed by atoms with Gasteiger partial charge < -0.3 is 10.1 Å². The van der Waals surface area contributed by atoms with Gasteiger partial charge in [0.1, 0.15) is 4.88 Å². The molecule has 0 unspecified atom stereocenters. The minimum absolute atomic E-state index is 0.0134. The Morgan fingerprint density at radius 1 is 1.67 bits per heavy atom. The summed E-state index contributed by atoms with van der Waals surface area (Å²) in [5.74, 6) is -0.355. The smallest absolute Gasteiger partial charge is 0.299 e. The number of rotatable bonds is 7. The molecule has 0 saturated carbocycles. The van der Waals surface area contributed by atoms with Gasteiger partial charge in [-0.05, 0) is 13.3 Å². The van der Waals surface area contributed by atoms with Crippen molar-refractivity contribution < 1.29 is 14.5 Å². The molecule has 1 aromatic rings. The first-order valence-electron chi connectivity index (χ1n) is 5.36. The van der Waals surface area contributed by atoms with E-state index in [0.717, 1.165) is 11.3 Å². The van der Waals surface area contributed by atoms with Crippen molar-refractivity contribution >= 4 is 34.5 Å². The van der Waals surface area contributed by atoms with Crippen molar-refractivity contribution in [3.63, 3.8) is 0 Å². The van der Waals surface area contributed by atoms with Crippen LogP contribution in [0.1, 0.15) is 23.0 Å². The van der Waals surface area contributed by atoms with Crippen LogP contribution in [0.2, 0.25) is 4.34 Å². The number of hydrogen-bond acceptors (Lipinski definition) is 5. The van der Waals surface area contributed by atoms with Gasteiger partial charge in [0.05, 0.1) is 4.92 Å².